The zero-order chi connectivity index (χ0) is 13.9. The molecular weight excluding hydrogens is 243 g/mol. The van der Waals surface area contributed by atoms with Crippen molar-refractivity contribution in [3.8, 4) is 0 Å². The van der Waals surface area contributed by atoms with Gasteiger partial charge in [-0.2, -0.15) is 0 Å². The minimum absolute atomic E-state index is 0.195. The Morgan fingerprint density at radius 3 is 2.84 bits per heavy atom. The fraction of sp³-hybridized carbons (Fsp3) is 0.600. The average Bonchev–Trinajstić information content (AvgIpc) is 2.94. The van der Waals surface area contributed by atoms with Gasteiger partial charge in [0.05, 0.1) is 12.1 Å². The Kier molecular flexibility index (Phi) is 4.42. The monoisotopic (exact) mass is 266 g/mol. The second-order valence-corrected chi connectivity index (χ2v) is 5.35. The molecular formula is C15H23FN2O. The van der Waals surface area contributed by atoms with Gasteiger partial charge in [-0.3, -0.25) is 0 Å². The number of hydrogen-bond donors (Lipinski definition) is 1. The fourth-order valence-corrected chi connectivity index (χ4v) is 3.00. The van der Waals surface area contributed by atoms with Crippen molar-refractivity contribution in [3.63, 3.8) is 0 Å². The number of hydrogen-bond acceptors (Lipinski definition) is 3. The van der Waals surface area contributed by atoms with Crippen LogP contribution in [-0.4, -0.2) is 31.8 Å². The van der Waals surface area contributed by atoms with E-state index in [0.29, 0.717) is 12.5 Å². The van der Waals surface area contributed by atoms with Crippen LogP contribution >= 0.6 is 0 Å². The van der Waals surface area contributed by atoms with Crippen molar-refractivity contribution in [3.05, 3.63) is 30.1 Å². The first-order valence-electron chi connectivity index (χ1n) is 6.93. The first-order valence-corrected chi connectivity index (χ1v) is 6.93. The smallest absolute Gasteiger partial charge is 0.125 e. The van der Waals surface area contributed by atoms with Gasteiger partial charge in [0.25, 0.3) is 0 Å². The molecule has 19 heavy (non-hydrogen) atoms. The lowest BCUT2D eigenvalue weighted by Gasteiger charge is -2.45. The molecule has 0 amide bonds. The quantitative estimate of drug-likeness (QED) is 0.889. The standard InChI is InChI=1S/C15H23FN2O/c1-3-18(14-6-4-5-13(16)9-14)15(2,11-17)12-7-8-19-10-12/h4-6,9,12H,3,7-8,10-11,17H2,1-2H3. The molecule has 0 aromatic heterocycles. The average molecular weight is 266 g/mol. The summed E-state index contributed by atoms with van der Waals surface area (Å²) in [7, 11) is 0. The Morgan fingerprint density at radius 1 is 1.53 bits per heavy atom. The number of benzene rings is 1. The third-order valence-corrected chi connectivity index (χ3v) is 4.28. The molecule has 1 aromatic rings. The molecule has 2 N–H and O–H groups in total. The lowest BCUT2D eigenvalue weighted by molar-refractivity contribution is 0.165. The van der Waals surface area contributed by atoms with E-state index in [-0.39, 0.29) is 11.4 Å². The molecule has 1 aliphatic heterocycles. The Balaban J connectivity index is 2.32. The predicted octanol–water partition coefficient (Wildman–Crippen LogP) is 2.41. The van der Waals surface area contributed by atoms with Crippen molar-refractivity contribution in [2.75, 3.05) is 31.2 Å². The van der Waals surface area contributed by atoms with Crippen molar-refractivity contribution in [2.24, 2.45) is 11.7 Å². The van der Waals surface area contributed by atoms with Crippen LogP contribution in [0.25, 0.3) is 0 Å². The number of ether oxygens (including phenoxy) is 1. The Bertz CT molecular complexity index is 420. The number of nitrogens with two attached hydrogens (primary N) is 1. The van der Waals surface area contributed by atoms with Crippen LogP contribution in [0, 0.1) is 11.7 Å². The summed E-state index contributed by atoms with van der Waals surface area (Å²) in [5.74, 6) is 0.179. The summed E-state index contributed by atoms with van der Waals surface area (Å²) in [5.41, 5.74) is 6.74. The molecule has 1 heterocycles. The van der Waals surface area contributed by atoms with Crippen molar-refractivity contribution in [1.29, 1.82) is 0 Å². The van der Waals surface area contributed by atoms with E-state index in [1.165, 1.54) is 6.07 Å². The van der Waals surface area contributed by atoms with E-state index in [0.717, 1.165) is 31.9 Å². The molecule has 0 bridgehead atoms. The van der Waals surface area contributed by atoms with E-state index in [2.05, 4.69) is 18.7 Å². The normalized spacial score (nSPS) is 22.2. The van der Waals surface area contributed by atoms with Gasteiger partial charge in [0, 0.05) is 31.3 Å². The summed E-state index contributed by atoms with van der Waals surface area (Å²) in [4.78, 5) is 2.20. The molecule has 2 unspecified atom stereocenters. The number of nitrogens with zero attached hydrogens (tertiary/aromatic N) is 1. The van der Waals surface area contributed by atoms with Gasteiger partial charge in [0.15, 0.2) is 0 Å². The van der Waals surface area contributed by atoms with E-state index in [4.69, 9.17) is 10.5 Å². The highest BCUT2D eigenvalue weighted by atomic mass is 19.1. The van der Waals surface area contributed by atoms with Crippen LogP contribution in [0.15, 0.2) is 24.3 Å². The van der Waals surface area contributed by atoms with Crippen LogP contribution in [0.3, 0.4) is 0 Å². The summed E-state index contributed by atoms with van der Waals surface area (Å²) in [6.45, 7) is 7.09. The molecule has 106 valence electrons. The molecule has 2 atom stereocenters. The summed E-state index contributed by atoms with van der Waals surface area (Å²) in [6, 6.07) is 6.73. The van der Waals surface area contributed by atoms with E-state index in [1.54, 1.807) is 12.1 Å². The zero-order valence-corrected chi connectivity index (χ0v) is 11.7. The second kappa shape index (κ2) is 5.88. The Hall–Kier alpha value is -1.13. The second-order valence-electron chi connectivity index (χ2n) is 5.35. The van der Waals surface area contributed by atoms with Gasteiger partial charge >= 0.3 is 0 Å². The van der Waals surface area contributed by atoms with Crippen molar-refractivity contribution in [1.82, 2.24) is 0 Å². The number of rotatable bonds is 5. The van der Waals surface area contributed by atoms with Crippen LogP contribution in [0.2, 0.25) is 0 Å². The molecule has 1 aliphatic rings. The SMILES string of the molecule is CCN(c1cccc(F)c1)C(C)(CN)C1CCOC1. The number of halogens is 1. The van der Waals surface area contributed by atoms with Crippen LogP contribution < -0.4 is 10.6 Å². The lowest BCUT2D eigenvalue weighted by Crippen LogP contribution is -2.57. The maximum Gasteiger partial charge on any atom is 0.125 e. The van der Waals surface area contributed by atoms with Crippen LogP contribution in [0.5, 0.6) is 0 Å². The first-order chi connectivity index (χ1) is 9.11. The minimum atomic E-state index is -0.210. The van der Waals surface area contributed by atoms with Crippen molar-refractivity contribution in [2.45, 2.75) is 25.8 Å². The topological polar surface area (TPSA) is 38.5 Å². The largest absolute Gasteiger partial charge is 0.381 e. The van der Waals surface area contributed by atoms with E-state index >= 15 is 0 Å². The maximum atomic E-state index is 13.5. The zero-order valence-electron chi connectivity index (χ0n) is 11.7. The Labute approximate surface area is 114 Å². The Morgan fingerprint density at radius 2 is 2.32 bits per heavy atom. The van der Waals surface area contributed by atoms with Crippen molar-refractivity contribution >= 4 is 5.69 Å². The van der Waals surface area contributed by atoms with E-state index in [1.807, 2.05) is 6.07 Å². The van der Waals surface area contributed by atoms with E-state index < -0.39 is 0 Å². The summed E-state index contributed by atoms with van der Waals surface area (Å²) >= 11 is 0. The van der Waals surface area contributed by atoms with Crippen LogP contribution in [-0.2, 0) is 4.74 Å². The summed E-state index contributed by atoms with van der Waals surface area (Å²) in [5, 5.41) is 0. The molecule has 0 aliphatic carbocycles. The van der Waals surface area contributed by atoms with Gasteiger partial charge in [-0.1, -0.05) is 6.07 Å². The van der Waals surface area contributed by atoms with Gasteiger partial charge in [-0.05, 0) is 38.5 Å². The molecule has 0 spiro atoms. The van der Waals surface area contributed by atoms with Gasteiger partial charge in [-0.15, -0.1) is 0 Å². The molecule has 2 rings (SSSR count). The summed E-state index contributed by atoms with van der Waals surface area (Å²) in [6.07, 6.45) is 1.01. The molecule has 0 radical (unpaired) electrons. The molecule has 3 nitrogen and oxygen atoms in total. The molecule has 1 fully saturated rings. The first kappa shape index (κ1) is 14.3. The molecule has 4 heteroatoms. The minimum Gasteiger partial charge on any atom is -0.381 e. The number of likely N-dealkylation sites (N-methyl/N-ethyl adjacent to an activating group) is 1. The predicted molar refractivity (Wildman–Crippen MR) is 75.8 cm³/mol. The maximum absolute atomic E-state index is 13.5. The highest BCUT2D eigenvalue weighted by Crippen LogP contribution is 2.34. The number of anilines is 1. The van der Waals surface area contributed by atoms with Crippen molar-refractivity contribution < 1.29 is 9.13 Å². The molecule has 1 saturated heterocycles. The lowest BCUT2D eigenvalue weighted by atomic mass is 9.82. The van der Waals surface area contributed by atoms with Gasteiger partial charge in [0.2, 0.25) is 0 Å². The fourth-order valence-electron chi connectivity index (χ4n) is 3.00. The molecule has 1 aromatic carbocycles. The highest BCUT2D eigenvalue weighted by Gasteiger charge is 2.40. The highest BCUT2D eigenvalue weighted by molar-refractivity contribution is 5.49. The van der Waals surface area contributed by atoms with E-state index in [9.17, 15) is 4.39 Å². The van der Waals surface area contributed by atoms with Gasteiger partial charge < -0.3 is 15.4 Å². The van der Waals surface area contributed by atoms with Gasteiger partial charge in [0.1, 0.15) is 5.82 Å². The van der Waals surface area contributed by atoms with Gasteiger partial charge in [-0.25, -0.2) is 4.39 Å². The van der Waals surface area contributed by atoms with Crippen LogP contribution in [0.4, 0.5) is 10.1 Å². The summed E-state index contributed by atoms with van der Waals surface area (Å²) < 4.78 is 19.0. The van der Waals surface area contributed by atoms with Crippen LogP contribution in [0.1, 0.15) is 20.3 Å². The third kappa shape index (κ3) is 2.74. The third-order valence-electron chi connectivity index (χ3n) is 4.28. The molecule has 0 saturated carbocycles.